The van der Waals surface area contributed by atoms with Crippen molar-refractivity contribution < 1.29 is 0 Å². The molecular weight excluding hydrogens is 258 g/mol. The van der Waals surface area contributed by atoms with Gasteiger partial charge in [-0.3, -0.25) is 4.79 Å². The number of nitrogens with zero attached hydrogens (tertiary/aromatic N) is 1. The van der Waals surface area contributed by atoms with E-state index in [1.807, 2.05) is 6.92 Å². The molecule has 2 heterocycles. The van der Waals surface area contributed by atoms with E-state index in [1.54, 1.807) is 11.3 Å². The summed E-state index contributed by atoms with van der Waals surface area (Å²) in [5.41, 5.74) is 0.167. The third-order valence-electron chi connectivity index (χ3n) is 2.36. The number of hydrogen-bond donors (Lipinski definition) is 2. The summed E-state index contributed by atoms with van der Waals surface area (Å²) in [6.07, 6.45) is 1.51. The first-order valence-electron chi connectivity index (χ1n) is 5.14. The van der Waals surface area contributed by atoms with Crippen LogP contribution in [0.4, 0.5) is 5.69 Å². The summed E-state index contributed by atoms with van der Waals surface area (Å²) in [5.74, 6) is 0. The number of nitrogens with one attached hydrogen (secondary N) is 2. The summed E-state index contributed by atoms with van der Waals surface area (Å²) in [5, 5.41) is 9.31. The van der Waals surface area contributed by atoms with Gasteiger partial charge in [0.05, 0.1) is 17.9 Å². The Morgan fingerprint density at radius 3 is 2.94 bits per heavy atom. The second kappa shape index (κ2) is 4.89. The number of anilines is 1. The van der Waals surface area contributed by atoms with E-state index in [9.17, 15) is 4.79 Å². The lowest BCUT2D eigenvalue weighted by Gasteiger charge is -2.13. The second-order valence-electron chi connectivity index (χ2n) is 3.74. The Hall–Kier alpha value is -1.33. The lowest BCUT2D eigenvalue weighted by Crippen LogP contribution is -2.13. The van der Waals surface area contributed by atoms with Crippen LogP contribution in [0.15, 0.2) is 23.1 Å². The summed E-state index contributed by atoms with van der Waals surface area (Å²) in [6.45, 7) is 4.07. The Bertz CT molecular complexity index is 578. The highest BCUT2D eigenvalue weighted by atomic mass is 35.5. The van der Waals surface area contributed by atoms with Gasteiger partial charge in [0.25, 0.3) is 5.56 Å². The Balaban J connectivity index is 2.21. The quantitative estimate of drug-likeness (QED) is 0.901. The number of aryl methyl sites for hydroxylation is 1. The number of H-pyrrole nitrogens is 1. The van der Waals surface area contributed by atoms with Crippen molar-refractivity contribution >= 4 is 28.6 Å². The SMILES string of the molecule is Cc1ccc(C(C)Nc2cn[nH]c(=O)c2Cl)s1. The zero-order valence-corrected chi connectivity index (χ0v) is 11.0. The molecule has 0 amide bonds. The number of hydrogen-bond acceptors (Lipinski definition) is 4. The minimum Gasteiger partial charge on any atom is -0.375 e. The first kappa shape index (κ1) is 12.1. The van der Waals surface area contributed by atoms with E-state index in [-0.39, 0.29) is 16.6 Å². The lowest BCUT2D eigenvalue weighted by atomic mass is 10.2. The summed E-state index contributed by atoms with van der Waals surface area (Å²) in [7, 11) is 0. The second-order valence-corrected chi connectivity index (χ2v) is 5.44. The third-order valence-corrected chi connectivity index (χ3v) is 3.91. The van der Waals surface area contributed by atoms with Crippen LogP contribution in [0.25, 0.3) is 0 Å². The largest absolute Gasteiger partial charge is 0.375 e. The fraction of sp³-hybridized carbons (Fsp3) is 0.273. The van der Waals surface area contributed by atoms with Gasteiger partial charge in [0, 0.05) is 9.75 Å². The van der Waals surface area contributed by atoms with Crippen molar-refractivity contribution in [1.82, 2.24) is 10.2 Å². The molecule has 0 aromatic carbocycles. The molecule has 6 heteroatoms. The van der Waals surface area contributed by atoms with Gasteiger partial charge in [0.2, 0.25) is 0 Å². The molecule has 90 valence electrons. The van der Waals surface area contributed by atoms with Gasteiger partial charge in [0.1, 0.15) is 5.02 Å². The Morgan fingerprint density at radius 2 is 2.29 bits per heavy atom. The zero-order valence-electron chi connectivity index (χ0n) is 9.45. The highest BCUT2D eigenvalue weighted by molar-refractivity contribution is 7.12. The maximum Gasteiger partial charge on any atom is 0.285 e. The topological polar surface area (TPSA) is 57.8 Å². The molecule has 2 rings (SSSR count). The molecule has 0 spiro atoms. The van der Waals surface area contributed by atoms with Crippen molar-refractivity contribution in [3.05, 3.63) is 43.5 Å². The van der Waals surface area contributed by atoms with Crippen LogP contribution in [-0.4, -0.2) is 10.2 Å². The van der Waals surface area contributed by atoms with Gasteiger partial charge < -0.3 is 5.32 Å². The van der Waals surface area contributed by atoms with Gasteiger partial charge >= 0.3 is 0 Å². The van der Waals surface area contributed by atoms with Crippen molar-refractivity contribution in [3.8, 4) is 0 Å². The molecular formula is C11H12ClN3OS. The average molecular weight is 270 g/mol. The molecule has 0 saturated carbocycles. The molecule has 17 heavy (non-hydrogen) atoms. The predicted molar refractivity (Wildman–Crippen MR) is 71.0 cm³/mol. The van der Waals surface area contributed by atoms with E-state index in [4.69, 9.17) is 11.6 Å². The maximum absolute atomic E-state index is 11.3. The van der Waals surface area contributed by atoms with Crippen LogP contribution >= 0.6 is 22.9 Å². The Labute approximate surface area is 108 Å². The molecule has 4 nitrogen and oxygen atoms in total. The maximum atomic E-state index is 11.3. The molecule has 2 aromatic rings. The highest BCUT2D eigenvalue weighted by Crippen LogP contribution is 2.27. The fourth-order valence-electron chi connectivity index (χ4n) is 1.47. The molecule has 0 aliphatic heterocycles. The van der Waals surface area contributed by atoms with Crippen molar-refractivity contribution in [3.63, 3.8) is 0 Å². The predicted octanol–water partition coefficient (Wildman–Crippen LogP) is 2.97. The average Bonchev–Trinajstić information content (AvgIpc) is 2.72. The summed E-state index contributed by atoms with van der Waals surface area (Å²) in [4.78, 5) is 13.7. The minimum atomic E-state index is -0.383. The molecule has 0 radical (unpaired) electrons. The molecule has 0 aliphatic carbocycles. The number of thiophene rings is 1. The number of halogens is 1. The highest BCUT2D eigenvalue weighted by Gasteiger charge is 2.11. The van der Waals surface area contributed by atoms with E-state index < -0.39 is 0 Å². The van der Waals surface area contributed by atoms with Crippen molar-refractivity contribution in [2.24, 2.45) is 0 Å². The first-order valence-corrected chi connectivity index (χ1v) is 6.33. The minimum absolute atomic E-state index is 0.0924. The van der Waals surface area contributed by atoms with Crippen LogP contribution in [-0.2, 0) is 0 Å². The zero-order chi connectivity index (χ0) is 12.4. The molecule has 2 N–H and O–H groups in total. The molecule has 0 saturated heterocycles. The van der Waals surface area contributed by atoms with Crippen LogP contribution in [0.3, 0.4) is 0 Å². The van der Waals surface area contributed by atoms with Gasteiger partial charge in [-0.05, 0) is 26.0 Å². The molecule has 0 bridgehead atoms. The van der Waals surface area contributed by atoms with Crippen LogP contribution in [0, 0.1) is 6.92 Å². The Kier molecular flexibility index (Phi) is 3.49. The van der Waals surface area contributed by atoms with Gasteiger partial charge in [-0.25, -0.2) is 5.10 Å². The molecule has 0 aliphatic rings. The van der Waals surface area contributed by atoms with Crippen LogP contribution in [0.1, 0.15) is 22.7 Å². The summed E-state index contributed by atoms with van der Waals surface area (Å²) in [6, 6.07) is 4.22. The first-order chi connectivity index (χ1) is 8.08. The number of aromatic amines is 1. The van der Waals surface area contributed by atoms with Crippen molar-refractivity contribution in [2.45, 2.75) is 19.9 Å². The number of aromatic nitrogens is 2. The smallest absolute Gasteiger partial charge is 0.285 e. The summed E-state index contributed by atoms with van der Waals surface area (Å²) >= 11 is 7.60. The van der Waals surface area contributed by atoms with Crippen molar-refractivity contribution in [1.29, 1.82) is 0 Å². The fourth-order valence-corrected chi connectivity index (χ4v) is 2.50. The van der Waals surface area contributed by atoms with E-state index in [1.165, 1.54) is 16.0 Å². The van der Waals surface area contributed by atoms with Gasteiger partial charge in [-0.2, -0.15) is 5.10 Å². The molecule has 2 aromatic heterocycles. The molecule has 1 unspecified atom stereocenters. The van der Waals surface area contributed by atoms with E-state index >= 15 is 0 Å². The number of rotatable bonds is 3. The Morgan fingerprint density at radius 1 is 1.53 bits per heavy atom. The third kappa shape index (κ3) is 2.68. The van der Waals surface area contributed by atoms with Gasteiger partial charge in [0.15, 0.2) is 0 Å². The van der Waals surface area contributed by atoms with Crippen LogP contribution in [0.2, 0.25) is 5.02 Å². The van der Waals surface area contributed by atoms with E-state index in [2.05, 4.69) is 34.6 Å². The molecule has 1 atom stereocenters. The van der Waals surface area contributed by atoms with Gasteiger partial charge in [-0.15, -0.1) is 11.3 Å². The monoisotopic (exact) mass is 269 g/mol. The lowest BCUT2D eigenvalue weighted by molar-refractivity contribution is 0.894. The standard InChI is InChI=1S/C11H12ClN3OS/c1-6-3-4-9(17-6)7(2)14-8-5-13-15-11(16)10(8)12/h3-5,7H,1-2H3,(H2,14,15,16). The van der Waals surface area contributed by atoms with Gasteiger partial charge in [-0.1, -0.05) is 11.6 Å². The summed E-state index contributed by atoms with van der Waals surface area (Å²) < 4.78 is 0. The van der Waals surface area contributed by atoms with Crippen LogP contribution < -0.4 is 10.9 Å². The molecule has 0 fully saturated rings. The van der Waals surface area contributed by atoms with E-state index in [0.29, 0.717) is 5.69 Å². The van der Waals surface area contributed by atoms with Crippen molar-refractivity contribution in [2.75, 3.05) is 5.32 Å². The van der Waals surface area contributed by atoms with Crippen LogP contribution in [0.5, 0.6) is 0 Å². The van der Waals surface area contributed by atoms with E-state index in [0.717, 1.165) is 0 Å². The normalized spacial score (nSPS) is 12.4.